The average molecular weight is 316 g/mol. The molecule has 1 aliphatic rings. The molecule has 1 saturated heterocycles. The summed E-state index contributed by atoms with van der Waals surface area (Å²) in [5.74, 6) is 0. The third-order valence-electron chi connectivity index (χ3n) is 4.02. The third-order valence-corrected chi connectivity index (χ3v) is 4.46. The lowest BCUT2D eigenvalue weighted by atomic mass is 9.99. The van der Waals surface area contributed by atoms with Gasteiger partial charge in [0.05, 0.1) is 6.04 Å². The minimum Gasteiger partial charge on any atom is -0.329 e. The lowest BCUT2D eigenvalue weighted by Crippen LogP contribution is -2.54. The van der Waals surface area contributed by atoms with Crippen LogP contribution in [0.3, 0.4) is 0 Å². The Kier molecular flexibility index (Phi) is 5.70. The second kappa shape index (κ2) is 7.10. The minimum atomic E-state index is 0.0363. The number of rotatable bonds is 4. The van der Waals surface area contributed by atoms with Gasteiger partial charge in [-0.25, -0.2) is 10.4 Å². The van der Waals surface area contributed by atoms with Crippen molar-refractivity contribution in [1.82, 2.24) is 10.4 Å². The molecule has 0 saturated carbocycles. The van der Waals surface area contributed by atoms with Crippen LogP contribution in [0.15, 0.2) is 18.2 Å². The van der Waals surface area contributed by atoms with Gasteiger partial charge in [0.2, 0.25) is 0 Å². The van der Waals surface area contributed by atoms with Crippen LogP contribution in [0, 0.1) is 0 Å². The molecule has 1 aliphatic heterocycles. The van der Waals surface area contributed by atoms with Crippen LogP contribution in [0.4, 0.5) is 0 Å². The number of nitrogens with one attached hydrogen (secondary N) is 1. The normalized spacial score (nSPS) is 25.6. The first kappa shape index (κ1) is 16.1. The molecule has 2 rings (SSSR count). The van der Waals surface area contributed by atoms with E-state index in [1.54, 1.807) is 6.07 Å². The van der Waals surface area contributed by atoms with E-state index >= 15 is 0 Å². The summed E-state index contributed by atoms with van der Waals surface area (Å²) in [5, 5.41) is 3.62. The fourth-order valence-corrected chi connectivity index (χ4v) is 3.44. The van der Waals surface area contributed by atoms with Crippen LogP contribution in [0.2, 0.25) is 10.0 Å². The maximum absolute atomic E-state index is 6.08. The molecule has 0 aromatic heterocycles. The summed E-state index contributed by atoms with van der Waals surface area (Å²) >= 11 is 12.2. The molecule has 1 fully saturated rings. The minimum absolute atomic E-state index is 0.0363. The van der Waals surface area contributed by atoms with Crippen LogP contribution in [0.5, 0.6) is 0 Å². The topological polar surface area (TPSA) is 41.3 Å². The molecule has 0 amide bonds. The van der Waals surface area contributed by atoms with Gasteiger partial charge in [-0.05, 0) is 50.5 Å². The van der Waals surface area contributed by atoms with Gasteiger partial charge in [0.1, 0.15) is 0 Å². The molecule has 1 aromatic carbocycles. The first-order valence-electron chi connectivity index (χ1n) is 7.22. The fourth-order valence-electron chi connectivity index (χ4n) is 2.90. The molecule has 1 aromatic rings. The van der Waals surface area contributed by atoms with Crippen LogP contribution in [0.1, 0.15) is 44.7 Å². The largest absolute Gasteiger partial charge is 0.329 e. The van der Waals surface area contributed by atoms with Crippen LogP contribution in [0.25, 0.3) is 0 Å². The van der Waals surface area contributed by atoms with Crippen molar-refractivity contribution in [2.75, 3.05) is 6.54 Å². The standard InChI is InChI=1S/C15H23Cl2N3/c1-10-4-3-5-11(2)20(10)19-15(9-18)12-6-13(16)8-14(17)7-12/h6-8,10-11,15,19H,3-5,9,18H2,1-2H3. The van der Waals surface area contributed by atoms with E-state index in [1.807, 2.05) is 12.1 Å². The van der Waals surface area contributed by atoms with Gasteiger partial charge in [-0.2, -0.15) is 0 Å². The number of nitrogens with zero attached hydrogens (tertiary/aromatic N) is 1. The van der Waals surface area contributed by atoms with Crippen molar-refractivity contribution < 1.29 is 0 Å². The Balaban J connectivity index is 2.15. The lowest BCUT2D eigenvalue weighted by Gasteiger charge is -2.41. The molecule has 5 heteroatoms. The van der Waals surface area contributed by atoms with Crippen molar-refractivity contribution in [3.63, 3.8) is 0 Å². The zero-order valence-corrected chi connectivity index (χ0v) is 13.6. The van der Waals surface area contributed by atoms with Crippen LogP contribution < -0.4 is 11.2 Å². The Morgan fingerprint density at radius 1 is 1.20 bits per heavy atom. The predicted molar refractivity (Wildman–Crippen MR) is 86.0 cm³/mol. The molecule has 0 spiro atoms. The first-order valence-corrected chi connectivity index (χ1v) is 7.97. The Hall–Kier alpha value is -0.320. The number of nitrogens with two attached hydrogens (primary N) is 1. The number of benzene rings is 1. The second-order valence-electron chi connectivity index (χ2n) is 5.66. The molecule has 0 bridgehead atoms. The highest BCUT2D eigenvalue weighted by Crippen LogP contribution is 2.26. The van der Waals surface area contributed by atoms with Gasteiger partial charge in [-0.15, -0.1) is 0 Å². The SMILES string of the molecule is CC1CCCC(C)N1NC(CN)c1cc(Cl)cc(Cl)c1. The van der Waals surface area contributed by atoms with E-state index in [-0.39, 0.29) is 6.04 Å². The number of halogens is 2. The van der Waals surface area contributed by atoms with Gasteiger partial charge in [-0.3, -0.25) is 0 Å². The molecule has 3 unspecified atom stereocenters. The van der Waals surface area contributed by atoms with Crippen molar-refractivity contribution in [2.24, 2.45) is 5.73 Å². The van der Waals surface area contributed by atoms with Crippen molar-refractivity contribution >= 4 is 23.2 Å². The zero-order chi connectivity index (χ0) is 14.7. The average Bonchev–Trinajstić information content (AvgIpc) is 2.37. The molecule has 20 heavy (non-hydrogen) atoms. The summed E-state index contributed by atoms with van der Waals surface area (Å²) in [5.41, 5.74) is 10.5. The van der Waals surface area contributed by atoms with Gasteiger partial charge in [0.25, 0.3) is 0 Å². The van der Waals surface area contributed by atoms with Gasteiger partial charge in [0, 0.05) is 28.7 Å². The van der Waals surface area contributed by atoms with E-state index in [9.17, 15) is 0 Å². The van der Waals surface area contributed by atoms with Crippen LogP contribution in [-0.2, 0) is 0 Å². The van der Waals surface area contributed by atoms with E-state index in [2.05, 4.69) is 24.3 Å². The lowest BCUT2D eigenvalue weighted by molar-refractivity contribution is 0.0304. The smallest absolute Gasteiger partial charge is 0.0588 e. The van der Waals surface area contributed by atoms with Gasteiger partial charge < -0.3 is 5.73 Å². The molecule has 3 atom stereocenters. The van der Waals surface area contributed by atoms with E-state index in [4.69, 9.17) is 28.9 Å². The Labute approximate surface area is 131 Å². The first-order chi connectivity index (χ1) is 9.51. The summed E-state index contributed by atoms with van der Waals surface area (Å²) in [4.78, 5) is 0. The van der Waals surface area contributed by atoms with Gasteiger partial charge in [-0.1, -0.05) is 29.6 Å². The molecule has 1 heterocycles. The molecule has 3 nitrogen and oxygen atoms in total. The summed E-state index contributed by atoms with van der Waals surface area (Å²) < 4.78 is 0. The molecule has 0 radical (unpaired) electrons. The molecule has 112 valence electrons. The summed E-state index contributed by atoms with van der Waals surface area (Å²) in [6.07, 6.45) is 3.71. The van der Waals surface area contributed by atoms with Crippen molar-refractivity contribution in [3.8, 4) is 0 Å². The van der Waals surface area contributed by atoms with E-state index < -0.39 is 0 Å². The highest BCUT2D eigenvalue weighted by molar-refractivity contribution is 6.34. The van der Waals surface area contributed by atoms with E-state index in [1.165, 1.54) is 19.3 Å². The number of hydrogen-bond donors (Lipinski definition) is 2. The van der Waals surface area contributed by atoms with Crippen LogP contribution >= 0.6 is 23.2 Å². The zero-order valence-electron chi connectivity index (χ0n) is 12.1. The number of hydrogen-bond acceptors (Lipinski definition) is 3. The maximum atomic E-state index is 6.08. The Morgan fingerprint density at radius 2 is 1.75 bits per heavy atom. The predicted octanol–water partition coefficient (Wildman–Crippen LogP) is 3.76. The highest BCUT2D eigenvalue weighted by atomic mass is 35.5. The second-order valence-corrected chi connectivity index (χ2v) is 6.53. The Morgan fingerprint density at radius 3 is 2.25 bits per heavy atom. The van der Waals surface area contributed by atoms with Gasteiger partial charge in [0.15, 0.2) is 0 Å². The number of piperidine rings is 1. The summed E-state index contributed by atoms with van der Waals surface area (Å²) in [6.45, 7) is 5.01. The van der Waals surface area contributed by atoms with Crippen molar-refractivity contribution in [1.29, 1.82) is 0 Å². The van der Waals surface area contributed by atoms with Crippen molar-refractivity contribution in [3.05, 3.63) is 33.8 Å². The molecule has 0 aliphatic carbocycles. The monoisotopic (exact) mass is 315 g/mol. The fraction of sp³-hybridized carbons (Fsp3) is 0.600. The Bertz CT molecular complexity index is 422. The highest BCUT2D eigenvalue weighted by Gasteiger charge is 2.27. The molecular weight excluding hydrogens is 293 g/mol. The van der Waals surface area contributed by atoms with Crippen molar-refractivity contribution in [2.45, 2.75) is 51.2 Å². The summed E-state index contributed by atoms with van der Waals surface area (Å²) in [6, 6.07) is 6.67. The van der Waals surface area contributed by atoms with E-state index in [0.717, 1.165) is 5.56 Å². The quantitative estimate of drug-likeness (QED) is 0.888. The number of hydrazine groups is 1. The van der Waals surface area contributed by atoms with Gasteiger partial charge >= 0.3 is 0 Å². The molecule has 3 N–H and O–H groups in total. The van der Waals surface area contributed by atoms with E-state index in [0.29, 0.717) is 28.7 Å². The third kappa shape index (κ3) is 3.86. The van der Waals surface area contributed by atoms with Crippen LogP contribution in [-0.4, -0.2) is 23.6 Å². The summed E-state index contributed by atoms with van der Waals surface area (Å²) in [7, 11) is 0. The maximum Gasteiger partial charge on any atom is 0.0588 e. The molecular formula is C15H23Cl2N3.